The second kappa shape index (κ2) is 6.24. The van der Waals surface area contributed by atoms with E-state index in [1.165, 1.54) is 16.8 Å². The molecule has 0 spiro atoms. The summed E-state index contributed by atoms with van der Waals surface area (Å²) in [5.41, 5.74) is -0.0962. The van der Waals surface area contributed by atoms with Crippen LogP contribution in [-0.4, -0.2) is 9.78 Å². The highest BCUT2D eigenvalue weighted by Gasteiger charge is 2.30. The highest BCUT2D eigenvalue weighted by molar-refractivity contribution is 7.15. The van der Waals surface area contributed by atoms with Crippen molar-refractivity contribution in [3.05, 3.63) is 74.9 Å². The fraction of sp³-hybridized carbons (Fsp3) is 0.176. The number of benzene rings is 1. The summed E-state index contributed by atoms with van der Waals surface area (Å²) < 4.78 is 39.6. The van der Waals surface area contributed by atoms with Gasteiger partial charge >= 0.3 is 6.18 Å². The van der Waals surface area contributed by atoms with Gasteiger partial charge in [-0.15, -0.1) is 11.3 Å². The molecular formula is C17H13F3N2OS. The van der Waals surface area contributed by atoms with E-state index in [1.54, 1.807) is 23.5 Å². The van der Waals surface area contributed by atoms with E-state index < -0.39 is 11.7 Å². The third-order valence-corrected chi connectivity index (χ3v) is 4.47. The van der Waals surface area contributed by atoms with Gasteiger partial charge in [-0.1, -0.05) is 12.1 Å². The molecule has 1 aromatic carbocycles. The second-order valence-corrected chi connectivity index (χ2v) is 6.61. The van der Waals surface area contributed by atoms with Crippen LogP contribution in [-0.2, 0) is 12.7 Å². The Morgan fingerprint density at radius 1 is 1.12 bits per heavy atom. The predicted molar refractivity (Wildman–Crippen MR) is 87.1 cm³/mol. The fourth-order valence-corrected chi connectivity index (χ4v) is 3.12. The van der Waals surface area contributed by atoms with Crippen LogP contribution in [0.5, 0.6) is 0 Å². The van der Waals surface area contributed by atoms with E-state index in [-0.39, 0.29) is 12.1 Å². The average Bonchev–Trinajstić information content (AvgIpc) is 2.95. The van der Waals surface area contributed by atoms with E-state index in [1.807, 2.05) is 19.1 Å². The summed E-state index contributed by atoms with van der Waals surface area (Å²) in [6.45, 7) is 1.95. The van der Waals surface area contributed by atoms with Crippen molar-refractivity contribution in [3.63, 3.8) is 0 Å². The molecule has 3 aromatic rings. The van der Waals surface area contributed by atoms with E-state index in [0.717, 1.165) is 21.9 Å². The topological polar surface area (TPSA) is 34.9 Å². The SMILES string of the molecule is Cc1ccc(-c2ccc(=O)n(Cc3cccc(C(F)(F)F)c3)n2)s1. The predicted octanol–water partition coefficient (Wildman–Crippen LogP) is 4.35. The molecule has 0 amide bonds. The van der Waals surface area contributed by atoms with E-state index in [9.17, 15) is 18.0 Å². The lowest BCUT2D eigenvalue weighted by Crippen LogP contribution is -2.23. The Morgan fingerprint density at radius 3 is 2.58 bits per heavy atom. The molecular weight excluding hydrogens is 337 g/mol. The van der Waals surface area contributed by atoms with Gasteiger partial charge in [-0.2, -0.15) is 18.3 Å². The molecule has 0 saturated carbocycles. The van der Waals surface area contributed by atoms with Gasteiger partial charge in [-0.05, 0) is 42.8 Å². The Kier molecular flexibility index (Phi) is 4.28. The summed E-state index contributed by atoms with van der Waals surface area (Å²) in [6, 6.07) is 11.8. The third kappa shape index (κ3) is 3.56. The van der Waals surface area contributed by atoms with Gasteiger partial charge in [0.1, 0.15) is 5.69 Å². The van der Waals surface area contributed by atoms with E-state index in [2.05, 4.69) is 5.10 Å². The molecule has 24 heavy (non-hydrogen) atoms. The lowest BCUT2D eigenvalue weighted by atomic mass is 10.1. The number of aromatic nitrogens is 2. The maximum absolute atomic E-state index is 12.8. The van der Waals surface area contributed by atoms with Crippen LogP contribution in [0, 0.1) is 6.92 Å². The Hall–Kier alpha value is -2.41. The van der Waals surface area contributed by atoms with Crippen molar-refractivity contribution in [2.45, 2.75) is 19.6 Å². The molecule has 124 valence electrons. The Balaban J connectivity index is 1.94. The summed E-state index contributed by atoms with van der Waals surface area (Å²) in [6.07, 6.45) is -4.41. The lowest BCUT2D eigenvalue weighted by molar-refractivity contribution is -0.137. The first kappa shape index (κ1) is 16.4. The zero-order chi connectivity index (χ0) is 17.3. The Bertz CT molecular complexity index is 928. The molecule has 0 atom stereocenters. The quantitative estimate of drug-likeness (QED) is 0.704. The van der Waals surface area contributed by atoms with Crippen LogP contribution >= 0.6 is 11.3 Å². The van der Waals surface area contributed by atoms with E-state index in [0.29, 0.717) is 11.3 Å². The molecule has 0 N–H and O–H groups in total. The van der Waals surface area contributed by atoms with Crippen molar-refractivity contribution in [1.29, 1.82) is 0 Å². The minimum absolute atomic E-state index is 0.0129. The van der Waals surface area contributed by atoms with Crippen molar-refractivity contribution < 1.29 is 13.2 Å². The fourth-order valence-electron chi connectivity index (χ4n) is 2.28. The van der Waals surface area contributed by atoms with Crippen molar-refractivity contribution in [2.24, 2.45) is 0 Å². The molecule has 0 aliphatic heterocycles. The summed E-state index contributed by atoms with van der Waals surface area (Å²) >= 11 is 1.54. The van der Waals surface area contributed by atoms with Crippen molar-refractivity contribution in [1.82, 2.24) is 9.78 Å². The maximum atomic E-state index is 12.8. The average molecular weight is 350 g/mol. The number of nitrogens with zero attached hydrogens (tertiary/aromatic N) is 2. The van der Waals surface area contributed by atoms with Gasteiger partial charge in [0.15, 0.2) is 0 Å². The molecule has 0 fully saturated rings. The number of alkyl halides is 3. The van der Waals surface area contributed by atoms with Gasteiger partial charge in [-0.25, -0.2) is 4.68 Å². The molecule has 0 unspecified atom stereocenters. The summed E-state index contributed by atoms with van der Waals surface area (Å²) in [7, 11) is 0. The lowest BCUT2D eigenvalue weighted by Gasteiger charge is -2.10. The van der Waals surface area contributed by atoms with Crippen LogP contribution in [0.3, 0.4) is 0 Å². The molecule has 2 heterocycles. The van der Waals surface area contributed by atoms with Crippen LogP contribution < -0.4 is 5.56 Å². The number of thiophene rings is 1. The smallest absolute Gasteiger partial charge is 0.268 e. The van der Waals surface area contributed by atoms with Gasteiger partial charge in [0.2, 0.25) is 0 Å². The summed E-state index contributed by atoms with van der Waals surface area (Å²) in [5.74, 6) is 0. The zero-order valence-corrected chi connectivity index (χ0v) is 13.5. The molecule has 0 bridgehead atoms. The van der Waals surface area contributed by atoms with Gasteiger partial charge in [-0.3, -0.25) is 4.79 Å². The van der Waals surface area contributed by atoms with Crippen LogP contribution in [0.2, 0.25) is 0 Å². The largest absolute Gasteiger partial charge is 0.416 e. The van der Waals surface area contributed by atoms with Gasteiger partial charge in [0, 0.05) is 10.9 Å². The standard InChI is InChI=1S/C17H13F3N2OS/c1-11-5-7-15(24-11)14-6-8-16(23)22(21-14)10-12-3-2-4-13(9-12)17(18,19)20/h2-9H,10H2,1H3. The number of aryl methyl sites for hydroxylation is 1. The molecule has 3 rings (SSSR count). The van der Waals surface area contributed by atoms with E-state index in [4.69, 9.17) is 0 Å². The van der Waals surface area contributed by atoms with Gasteiger partial charge in [0.25, 0.3) is 5.56 Å². The molecule has 0 aliphatic rings. The van der Waals surface area contributed by atoms with Gasteiger partial charge < -0.3 is 0 Å². The Morgan fingerprint density at radius 2 is 1.92 bits per heavy atom. The van der Waals surface area contributed by atoms with Crippen LogP contribution in [0.1, 0.15) is 16.0 Å². The maximum Gasteiger partial charge on any atom is 0.416 e. The Labute approximate surface area is 140 Å². The van der Waals surface area contributed by atoms with Crippen molar-refractivity contribution in [3.8, 4) is 10.6 Å². The number of rotatable bonds is 3. The molecule has 7 heteroatoms. The first-order valence-electron chi connectivity index (χ1n) is 7.14. The number of hydrogen-bond donors (Lipinski definition) is 0. The van der Waals surface area contributed by atoms with Gasteiger partial charge in [0.05, 0.1) is 17.0 Å². The summed E-state index contributed by atoms with van der Waals surface area (Å²) in [5, 5.41) is 4.28. The number of halogens is 3. The monoisotopic (exact) mass is 350 g/mol. The molecule has 0 radical (unpaired) electrons. The molecule has 2 aromatic heterocycles. The normalized spacial score (nSPS) is 11.7. The first-order valence-corrected chi connectivity index (χ1v) is 7.96. The van der Waals surface area contributed by atoms with Crippen LogP contribution in [0.4, 0.5) is 13.2 Å². The zero-order valence-electron chi connectivity index (χ0n) is 12.7. The number of hydrogen-bond acceptors (Lipinski definition) is 3. The highest BCUT2D eigenvalue weighted by atomic mass is 32.1. The summed E-state index contributed by atoms with van der Waals surface area (Å²) in [4.78, 5) is 14.0. The minimum atomic E-state index is -4.41. The second-order valence-electron chi connectivity index (χ2n) is 5.32. The van der Waals surface area contributed by atoms with Crippen LogP contribution in [0.25, 0.3) is 10.6 Å². The molecule has 3 nitrogen and oxygen atoms in total. The van der Waals surface area contributed by atoms with Crippen molar-refractivity contribution in [2.75, 3.05) is 0 Å². The minimum Gasteiger partial charge on any atom is -0.268 e. The third-order valence-electron chi connectivity index (χ3n) is 3.45. The van der Waals surface area contributed by atoms with E-state index >= 15 is 0 Å². The molecule has 0 saturated heterocycles. The highest BCUT2D eigenvalue weighted by Crippen LogP contribution is 2.29. The van der Waals surface area contributed by atoms with Crippen LogP contribution in [0.15, 0.2) is 53.3 Å². The molecule has 0 aliphatic carbocycles. The first-order chi connectivity index (χ1) is 11.3. The van der Waals surface area contributed by atoms with Crippen molar-refractivity contribution >= 4 is 11.3 Å².